The Bertz CT molecular complexity index is 519. The lowest BCUT2D eigenvalue weighted by atomic mass is 9.95. The first-order valence-corrected chi connectivity index (χ1v) is 7.13. The largest absolute Gasteiger partial charge is 0.374 e. The molecule has 0 aliphatic heterocycles. The van der Waals surface area contributed by atoms with Crippen molar-refractivity contribution in [2.24, 2.45) is 5.92 Å². The first kappa shape index (κ1) is 12.3. The summed E-state index contributed by atoms with van der Waals surface area (Å²) in [5.41, 5.74) is 0. The second-order valence-electron chi connectivity index (χ2n) is 4.58. The summed E-state index contributed by atoms with van der Waals surface area (Å²) in [6, 6.07) is 8.13. The minimum Gasteiger partial charge on any atom is -0.374 e. The molecule has 0 fully saturated rings. The zero-order chi connectivity index (χ0) is 12.5. The SMILES string of the molecule is CC1C=CC[C@](O)(S(=O)(=O)c2ccccc2)C1. The van der Waals surface area contributed by atoms with Crippen LogP contribution in [0, 0.1) is 5.92 Å². The summed E-state index contributed by atoms with van der Waals surface area (Å²) in [5.74, 6) is 0.0761. The molecule has 0 saturated carbocycles. The van der Waals surface area contributed by atoms with E-state index in [-0.39, 0.29) is 23.7 Å². The fourth-order valence-corrected chi connectivity index (χ4v) is 3.93. The second-order valence-corrected chi connectivity index (χ2v) is 6.81. The van der Waals surface area contributed by atoms with Gasteiger partial charge in [0.2, 0.25) is 9.84 Å². The van der Waals surface area contributed by atoms with E-state index in [1.165, 1.54) is 12.1 Å². The van der Waals surface area contributed by atoms with Gasteiger partial charge in [-0.25, -0.2) is 8.42 Å². The van der Waals surface area contributed by atoms with E-state index in [0.717, 1.165) is 0 Å². The zero-order valence-electron chi connectivity index (χ0n) is 9.70. The van der Waals surface area contributed by atoms with Gasteiger partial charge in [-0.2, -0.15) is 0 Å². The van der Waals surface area contributed by atoms with Crippen molar-refractivity contribution in [1.29, 1.82) is 0 Å². The van der Waals surface area contributed by atoms with Gasteiger partial charge in [-0.1, -0.05) is 37.3 Å². The molecule has 0 heterocycles. The number of hydrogen-bond acceptors (Lipinski definition) is 3. The van der Waals surface area contributed by atoms with Crippen molar-refractivity contribution in [3.05, 3.63) is 42.5 Å². The van der Waals surface area contributed by atoms with Gasteiger partial charge >= 0.3 is 0 Å². The van der Waals surface area contributed by atoms with E-state index < -0.39 is 14.8 Å². The highest BCUT2D eigenvalue weighted by molar-refractivity contribution is 7.92. The summed E-state index contributed by atoms with van der Waals surface area (Å²) >= 11 is 0. The van der Waals surface area contributed by atoms with Crippen molar-refractivity contribution in [2.75, 3.05) is 0 Å². The molecule has 0 aromatic heterocycles. The second kappa shape index (κ2) is 4.27. The molecule has 0 saturated heterocycles. The molecule has 4 heteroatoms. The molecule has 0 spiro atoms. The van der Waals surface area contributed by atoms with Crippen molar-refractivity contribution in [3.63, 3.8) is 0 Å². The van der Waals surface area contributed by atoms with Gasteiger partial charge < -0.3 is 5.11 Å². The molecule has 2 atom stereocenters. The van der Waals surface area contributed by atoms with Crippen LogP contribution in [0.1, 0.15) is 19.8 Å². The molecule has 2 rings (SSSR count). The summed E-state index contributed by atoms with van der Waals surface area (Å²) in [7, 11) is -3.69. The van der Waals surface area contributed by atoms with Gasteiger partial charge in [0, 0.05) is 6.42 Å². The molecule has 0 bridgehead atoms. The third-order valence-electron chi connectivity index (χ3n) is 3.10. The average Bonchev–Trinajstić information content (AvgIpc) is 2.29. The lowest BCUT2D eigenvalue weighted by Crippen LogP contribution is -2.41. The summed E-state index contributed by atoms with van der Waals surface area (Å²) < 4.78 is 24.7. The summed E-state index contributed by atoms with van der Waals surface area (Å²) in [5, 5.41) is 10.4. The fraction of sp³-hybridized carbons (Fsp3) is 0.385. The lowest BCUT2D eigenvalue weighted by Gasteiger charge is -2.31. The Morgan fingerprint density at radius 3 is 2.53 bits per heavy atom. The number of rotatable bonds is 2. The maximum absolute atomic E-state index is 12.4. The van der Waals surface area contributed by atoms with Crippen molar-refractivity contribution in [3.8, 4) is 0 Å². The van der Waals surface area contributed by atoms with Gasteiger partial charge in [-0.3, -0.25) is 0 Å². The van der Waals surface area contributed by atoms with Crippen LogP contribution in [0.25, 0.3) is 0 Å². The first-order chi connectivity index (χ1) is 7.96. The third kappa shape index (κ3) is 2.15. The van der Waals surface area contributed by atoms with Gasteiger partial charge in [-0.15, -0.1) is 0 Å². The molecular weight excluding hydrogens is 236 g/mol. The highest BCUT2D eigenvalue weighted by Gasteiger charge is 2.43. The average molecular weight is 252 g/mol. The molecule has 1 aromatic rings. The first-order valence-electron chi connectivity index (χ1n) is 5.64. The minimum absolute atomic E-state index is 0.0761. The molecular formula is C13H16O3S. The normalized spacial score (nSPS) is 29.2. The molecule has 92 valence electrons. The van der Waals surface area contributed by atoms with Gasteiger partial charge in [0.25, 0.3) is 0 Å². The molecule has 1 aliphatic rings. The van der Waals surface area contributed by atoms with E-state index in [1.807, 2.05) is 13.0 Å². The predicted octanol–water partition coefficient (Wildman–Crippen LogP) is 2.13. The quantitative estimate of drug-likeness (QED) is 0.820. The molecule has 17 heavy (non-hydrogen) atoms. The van der Waals surface area contributed by atoms with Crippen molar-refractivity contribution >= 4 is 9.84 Å². The van der Waals surface area contributed by atoms with Crippen LogP contribution in [-0.4, -0.2) is 18.5 Å². The molecule has 0 amide bonds. The van der Waals surface area contributed by atoms with Crippen LogP contribution < -0.4 is 0 Å². The monoisotopic (exact) mass is 252 g/mol. The highest BCUT2D eigenvalue weighted by Crippen LogP contribution is 2.35. The Hall–Kier alpha value is -1.13. The molecule has 1 N–H and O–H groups in total. The Labute approximate surface area is 102 Å². The standard InChI is InChI=1S/C13H16O3S/c1-11-6-5-9-13(14,10-11)17(15,16)12-7-3-2-4-8-12/h2-8,11,14H,9-10H2,1H3/t11?,13-/m0/s1. The Morgan fingerprint density at radius 1 is 1.29 bits per heavy atom. The van der Waals surface area contributed by atoms with E-state index in [4.69, 9.17) is 0 Å². The summed E-state index contributed by atoms with van der Waals surface area (Å²) in [4.78, 5) is -1.48. The summed E-state index contributed by atoms with van der Waals surface area (Å²) in [6.45, 7) is 1.90. The van der Waals surface area contributed by atoms with Crippen LogP contribution in [-0.2, 0) is 9.84 Å². The van der Waals surface area contributed by atoms with E-state index in [1.54, 1.807) is 24.3 Å². The Balaban J connectivity index is 2.43. The molecule has 1 aliphatic carbocycles. The van der Waals surface area contributed by atoms with E-state index >= 15 is 0 Å². The van der Waals surface area contributed by atoms with Gasteiger partial charge in [0.15, 0.2) is 4.93 Å². The van der Waals surface area contributed by atoms with Crippen molar-refractivity contribution in [2.45, 2.75) is 29.6 Å². The number of hydrogen-bond donors (Lipinski definition) is 1. The van der Waals surface area contributed by atoms with Crippen LogP contribution in [0.15, 0.2) is 47.4 Å². The Kier molecular flexibility index (Phi) is 3.10. The van der Waals surface area contributed by atoms with E-state index in [9.17, 15) is 13.5 Å². The highest BCUT2D eigenvalue weighted by atomic mass is 32.2. The number of benzene rings is 1. The number of aliphatic hydroxyl groups is 1. The lowest BCUT2D eigenvalue weighted by molar-refractivity contribution is 0.101. The van der Waals surface area contributed by atoms with Gasteiger partial charge in [0.1, 0.15) is 0 Å². The zero-order valence-corrected chi connectivity index (χ0v) is 10.5. The minimum atomic E-state index is -3.69. The molecule has 1 aromatic carbocycles. The molecule has 0 radical (unpaired) electrons. The van der Waals surface area contributed by atoms with Crippen LogP contribution in [0.3, 0.4) is 0 Å². The van der Waals surface area contributed by atoms with Crippen LogP contribution in [0.5, 0.6) is 0 Å². The predicted molar refractivity (Wildman–Crippen MR) is 66.1 cm³/mol. The molecule has 1 unspecified atom stereocenters. The smallest absolute Gasteiger partial charge is 0.208 e. The van der Waals surface area contributed by atoms with Crippen LogP contribution >= 0.6 is 0 Å². The van der Waals surface area contributed by atoms with E-state index in [2.05, 4.69) is 0 Å². The topological polar surface area (TPSA) is 54.4 Å². The number of sulfone groups is 1. The van der Waals surface area contributed by atoms with Gasteiger partial charge in [-0.05, 0) is 24.5 Å². The van der Waals surface area contributed by atoms with E-state index in [0.29, 0.717) is 0 Å². The third-order valence-corrected chi connectivity index (χ3v) is 5.32. The van der Waals surface area contributed by atoms with Crippen LogP contribution in [0.4, 0.5) is 0 Å². The molecule has 3 nitrogen and oxygen atoms in total. The van der Waals surface area contributed by atoms with Crippen LogP contribution in [0.2, 0.25) is 0 Å². The van der Waals surface area contributed by atoms with Gasteiger partial charge in [0.05, 0.1) is 4.90 Å². The maximum atomic E-state index is 12.4. The Morgan fingerprint density at radius 2 is 1.94 bits per heavy atom. The maximum Gasteiger partial charge on any atom is 0.208 e. The van der Waals surface area contributed by atoms with Crippen molar-refractivity contribution < 1.29 is 13.5 Å². The number of allylic oxidation sites excluding steroid dienone is 1. The summed E-state index contributed by atoms with van der Waals surface area (Å²) in [6.07, 6.45) is 4.10. The fourth-order valence-electron chi connectivity index (χ4n) is 2.18. The van der Waals surface area contributed by atoms with Crippen molar-refractivity contribution in [1.82, 2.24) is 0 Å².